The highest BCUT2D eigenvalue weighted by Gasteiger charge is 2.36. The number of amides is 4. The van der Waals surface area contributed by atoms with E-state index < -0.39 is 17.8 Å². The molecule has 2 aromatic carbocycles. The monoisotopic (exact) mass is 463 g/mol. The predicted octanol–water partition coefficient (Wildman–Crippen LogP) is 4.45. The van der Waals surface area contributed by atoms with Crippen molar-refractivity contribution in [1.82, 2.24) is 9.88 Å². The van der Waals surface area contributed by atoms with E-state index in [1.54, 1.807) is 36.4 Å². The van der Waals surface area contributed by atoms with Gasteiger partial charge in [-0.2, -0.15) is 0 Å². The van der Waals surface area contributed by atoms with Gasteiger partial charge in [-0.1, -0.05) is 42.8 Å². The number of urea groups is 1. The summed E-state index contributed by atoms with van der Waals surface area (Å²) in [5.41, 5.74) is 1.98. The highest BCUT2D eigenvalue weighted by Crippen LogP contribution is 2.24. The number of rotatable bonds is 7. The van der Waals surface area contributed by atoms with Crippen LogP contribution in [0.1, 0.15) is 18.2 Å². The maximum Gasteiger partial charge on any atom is 0.335 e. The average Bonchev–Trinajstić information content (AvgIpc) is 3.25. The summed E-state index contributed by atoms with van der Waals surface area (Å²) in [6, 6.07) is 17.1. The van der Waals surface area contributed by atoms with Gasteiger partial charge in [0, 0.05) is 11.9 Å². The van der Waals surface area contributed by atoms with Crippen molar-refractivity contribution in [3.63, 3.8) is 0 Å². The maximum atomic E-state index is 13.1. The molecular formula is C25H22ClN3O4. The lowest BCUT2D eigenvalue weighted by Gasteiger charge is -2.26. The quantitative estimate of drug-likeness (QED) is 0.414. The van der Waals surface area contributed by atoms with Gasteiger partial charge in [0.15, 0.2) is 0 Å². The van der Waals surface area contributed by atoms with Gasteiger partial charge in [-0.15, -0.1) is 0 Å². The molecule has 0 spiro atoms. The summed E-state index contributed by atoms with van der Waals surface area (Å²) in [5, 5.41) is 2.77. The van der Waals surface area contributed by atoms with Gasteiger partial charge >= 0.3 is 6.03 Å². The Morgan fingerprint density at radius 1 is 1.00 bits per heavy atom. The zero-order valence-corrected chi connectivity index (χ0v) is 18.7. The molecular weight excluding hydrogens is 442 g/mol. The second-order valence-corrected chi connectivity index (χ2v) is 7.79. The Morgan fingerprint density at radius 2 is 1.76 bits per heavy atom. The molecule has 1 fully saturated rings. The van der Waals surface area contributed by atoms with Crippen LogP contribution in [-0.2, 0) is 22.6 Å². The Balaban J connectivity index is 1.53. The average molecular weight is 464 g/mol. The topological polar surface area (TPSA) is 80.6 Å². The zero-order chi connectivity index (χ0) is 23.4. The number of halogens is 1. The van der Waals surface area contributed by atoms with E-state index in [-0.39, 0.29) is 5.57 Å². The molecule has 3 aromatic rings. The van der Waals surface area contributed by atoms with Crippen LogP contribution in [0, 0.1) is 0 Å². The first kappa shape index (κ1) is 22.4. The van der Waals surface area contributed by atoms with Gasteiger partial charge in [0.25, 0.3) is 11.8 Å². The van der Waals surface area contributed by atoms with Crippen LogP contribution in [0.5, 0.6) is 5.75 Å². The number of carbonyl (C=O) groups is 3. The molecule has 1 aromatic heterocycles. The first-order chi connectivity index (χ1) is 16.0. The minimum absolute atomic E-state index is 0.124. The van der Waals surface area contributed by atoms with Gasteiger partial charge in [-0.05, 0) is 54.5 Å². The van der Waals surface area contributed by atoms with E-state index in [9.17, 15) is 14.4 Å². The first-order valence-electron chi connectivity index (χ1n) is 10.5. The lowest BCUT2D eigenvalue weighted by Crippen LogP contribution is -2.54. The van der Waals surface area contributed by atoms with E-state index in [1.165, 1.54) is 6.08 Å². The first-order valence-corrected chi connectivity index (χ1v) is 10.9. The smallest absolute Gasteiger partial charge is 0.335 e. The molecule has 0 saturated carbocycles. The number of carbonyl (C=O) groups excluding carboxylic acids is 3. The number of nitrogens with one attached hydrogen (secondary N) is 1. The highest BCUT2D eigenvalue weighted by atomic mass is 35.5. The minimum atomic E-state index is -0.769. The van der Waals surface area contributed by atoms with Crippen LogP contribution in [0.25, 0.3) is 6.08 Å². The van der Waals surface area contributed by atoms with E-state index >= 15 is 0 Å². The maximum absolute atomic E-state index is 13.1. The molecule has 4 amide bonds. The fourth-order valence-electron chi connectivity index (χ4n) is 3.50. The second kappa shape index (κ2) is 9.75. The Hall–Kier alpha value is -3.84. The van der Waals surface area contributed by atoms with E-state index in [1.807, 2.05) is 42.0 Å². The summed E-state index contributed by atoms with van der Waals surface area (Å²) in [5.74, 6) is -0.823. The second-order valence-electron chi connectivity index (χ2n) is 7.38. The molecule has 0 bridgehead atoms. The molecule has 0 radical (unpaired) electrons. The molecule has 0 atom stereocenters. The van der Waals surface area contributed by atoms with E-state index in [4.69, 9.17) is 16.3 Å². The number of ether oxygens (including phenoxy) is 1. The van der Waals surface area contributed by atoms with Crippen LogP contribution in [0.3, 0.4) is 0 Å². The predicted molar refractivity (Wildman–Crippen MR) is 126 cm³/mol. The van der Waals surface area contributed by atoms with Gasteiger partial charge in [-0.3, -0.25) is 14.9 Å². The molecule has 1 N–H and O–H groups in total. The molecule has 1 aliphatic heterocycles. The SMILES string of the molecule is CCc1ccc(N2C(=O)NC(=O)/C(=C\c3cccn3CCOc3ccccc3Cl)C2=O)cc1. The number of hydrogen-bond donors (Lipinski definition) is 1. The third-order valence-electron chi connectivity index (χ3n) is 5.29. The molecule has 168 valence electrons. The Morgan fingerprint density at radius 3 is 2.48 bits per heavy atom. The fourth-order valence-corrected chi connectivity index (χ4v) is 3.69. The summed E-state index contributed by atoms with van der Waals surface area (Å²) < 4.78 is 7.58. The van der Waals surface area contributed by atoms with Gasteiger partial charge in [0.2, 0.25) is 0 Å². The van der Waals surface area contributed by atoms with Crippen LogP contribution >= 0.6 is 11.6 Å². The van der Waals surface area contributed by atoms with E-state index in [0.29, 0.717) is 35.3 Å². The number of para-hydroxylation sites is 1. The minimum Gasteiger partial charge on any atom is -0.490 e. The standard InChI is InChI=1S/C25H22ClN3O4/c1-2-17-9-11-18(12-10-17)29-24(31)20(23(30)27-25(29)32)16-19-6-5-13-28(19)14-15-33-22-8-4-3-7-21(22)26/h3-13,16H,2,14-15H2,1H3,(H,27,30,32)/b20-16+. The summed E-state index contributed by atoms with van der Waals surface area (Å²) >= 11 is 6.11. The third kappa shape index (κ3) is 4.83. The number of anilines is 1. The molecule has 0 aliphatic carbocycles. The molecule has 1 saturated heterocycles. The van der Waals surface area contributed by atoms with Crippen molar-refractivity contribution in [3.05, 3.63) is 88.7 Å². The van der Waals surface area contributed by atoms with Crippen molar-refractivity contribution in [2.75, 3.05) is 11.5 Å². The number of barbiturate groups is 1. The van der Waals surface area contributed by atoms with E-state index in [2.05, 4.69) is 5.32 Å². The van der Waals surface area contributed by atoms with Gasteiger partial charge in [0.05, 0.1) is 17.3 Å². The summed E-state index contributed by atoms with van der Waals surface area (Å²) in [6.45, 7) is 2.82. The largest absolute Gasteiger partial charge is 0.490 e. The van der Waals surface area contributed by atoms with Gasteiger partial charge in [-0.25, -0.2) is 9.69 Å². The molecule has 7 nitrogen and oxygen atoms in total. The number of aryl methyl sites for hydroxylation is 1. The number of benzene rings is 2. The fraction of sp³-hybridized carbons (Fsp3) is 0.160. The van der Waals surface area contributed by atoms with Crippen molar-refractivity contribution < 1.29 is 19.1 Å². The summed E-state index contributed by atoms with van der Waals surface area (Å²) in [6.07, 6.45) is 4.13. The molecule has 8 heteroatoms. The Kier molecular flexibility index (Phi) is 6.60. The number of hydrogen-bond acceptors (Lipinski definition) is 4. The van der Waals surface area contributed by atoms with Crippen molar-refractivity contribution in [2.24, 2.45) is 0 Å². The normalized spacial score (nSPS) is 15.2. The van der Waals surface area contributed by atoms with Crippen molar-refractivity contribution >= 4 is 41.2 Å². The van der Waals surface area contributed by atoms with Gasteiger partial charge in [0.1, 0.15) is 17.9 Å². The van der Waals surface area contributed by atoms with Crippen molar-refractivity contribution in [2.45, 2.75) is 19.9 Å². The number of aromatic nitrogens is 1. The van der Waals surface area contributed by atoms with Crippen LogP contribution in [0.15, 0.2) is 72.4 Å². The molecule has 0 unspecified atom stereocenters. The molecule has 4 rings (SSSR count). The number of imide groups is 2. The molecule has 2 heterocycles. The highest BCUT2D eigenvalue weighted by molar-refractivity contribution is 6.39. The third-order valence-corrected chi connectivity index (χ3v) is 5.60. The summed E-state index contributed by atoms with van der Waals surface area (Å²) in [4.78, 5) is 38.9. The van der Waals surface area contributed by atoms with Crippen molar-refractivity contribution in [3.8, 4) is 5.75 Å². The van der Waals surface area contributed by atoms with Crippen LogP contribution in [-0.4, -0.2) is 29.0 Å². The Labute approximate surface area is 196 Å². The molecule has 33 heavy (non-hydrogen) atoms. The van der Waals surface area contributed by atoms with Gasteiger partial charge < -0.3 is 9.30 Å². The van der Waals surface area contributed by atoms with Crippen LogP contribution in [0.2, 0.25) is 5.02 Å². The molecule has 1 aliphatic rings. The van der Waals surface area contributed by atoms with Crippen LogP contribution < -0.4 is 15.0 Å². The zero-order valence-electron chi connectivity index (χ0n) is 18.0. The lowest BCUT2D eigenvalue weighted by molar-refractivity contribution is -0.122. The van der Waals surface area contributed by atoms with E-state index in [0.717, 1.165) is 16.9 Å². The summed E-state index contributed by atoms with van der Waals surface area (Å²) in [7, 11) is 0. The van der Waals surface area contributed by atoms with Crippen molar-refractivity contribution in [1.29, 1.82) is 0 Å². The number of nitrogens with zero attached hydrogens (tertiary/aromatic N) is 2. The Bertz CT molecular complexity index is 1230. The lowest BCUT2D eigenvalue weighted by atomic mass is 10.1. The van der Waals surface area contributed by atoms with Crippen LogP contribution in [0.4, 0.5) is 10.5 Å².